The number of urea groups is 1. The standard InChI is InChI=1S/C13H21F3N2O3/c1-9(3-2-4-11(19)20)17-12(21)18-7-5-10(6-8-18)13(14,15)16/h9-10H,2-8H2,1H3,(H,17,21)(H,19,20). The number of carbonyl (C=O) groups is 2. The number of carboxylic acid groups (broad SMARTS) is 1. The highest BCUT2D eigenvalue weighted by atomic mass is 19.4. The lowest BCUT2D eigenvalue weighted by Gasteiger charge is -2.33. The number of halogens is 3. The third-order valence-electron chi connectivity index (χ3n) is 3.64. The number of hydrogen-bond donors (Lipinski definition) is 2. The van der Waals surface area contributed by atoms with Crippen molar-refractivity contribution in [2.75, 3.05) is 13.1 Å². The average Bonchev–Trinajstić information content (AvgIpc) is 2.37. The smallest absolute Gasteiger partial charge is 0.391 e. The summed E-state index contributed by atoms with van der Waals surface area (Å²) < 4.78 is 37.6. The number of hydrogen-bond acceptors (Lipinski definition) is 2. The Morgan fingerprint density at radius 3 is 2.38 bits per heavy atom. The summed E-state index contributed by atoms with van der Waals surface area (Å²) in [6, 6.07) is -0.573. The summed E-state index contributed by atoms with van der Waals surface area (Å²) in [6.45, 7) is 1.94. The second-order valence-electron chi connectivity index (χ2n) is 5.44. The van der Waals surface area contributed by atoms with Crippen molar-refractivity contribution in [3.05, 3.63) is 0 Å². The number of rotatable bonds is 5. The highest BCUT2D eigenvalue weighted by molar-refractivity contribution is 5.74. The Kier molecular flexibility index (Phi) is 6.29. The first-order chi connectivity index (χ1) is 9.70. The largest absolute Gasteiger partial charge is 0.481 e. The lowest BCUT2D eigenvalue weighted by molar-refractivity contribution is -0.183. The summed E-state index contributed by atoms with van der Waals surface area (Å²) in [4.78, 5) is 23.6. The van der Waals surface area contributed by atoms with Crippen LogP contribution in [0, 0.1) is 5.92 Å². The molecule has 0 aromatic carbocycles. The van der Waals surface area contributed by atoms with Gasteiger partial charge in [-0.3, -0.25) is 4.79 Å². The summed E-state index contributed by atoms with van der Waals surface area (Å²) in [5.41, 5.74) is 0. The number of nitrogens with one attached hydrogen (secondary N) is 1. The normalized spacial score (nSPS) is 18.4. The molecule has 21 heavy (non-hydrogen) atoms. The van der Waals surface area contributed by atoms with Crippen molar-refractivity contribution in [1.29, 1.82) is 0 Å². The van der Waals surface area contributed by atoms with Gasteiger partial charge in [0.1, 0.15) is 0 Å². The fraction of sp³-hybridized carbons (Fsp3) is 0.846. The molecule has 1 saturated heterocycles. The van der Waals surface area contributed by atoms with Crippen molar-refractivity contribution in [3.63, 3.8) is 0 Å². The Morgan fingerprint density at radius 1 is 1.33 bits per heavy atom. The van der Waals surface area contributed by atoms with Crippen molar-refractivity contribution in [2.45, 2.75) is 51.2 Å². The summed E-state index contributed by atoms with van der Waals surface area (Å²) in [5.74, 6) is -2.21. The molecule has 1 heterocycles. The zero-order valence-electron chi connectivity index (χ0n) is 11.9. The molecule has 1 rings (SSSR count). The van der Waals surface area contributed by atoms with E-state index in [0.717, 1.165) is 0 Å². The maximum Gasteiger partial charge on any atom is 0.391 e. The Balaban J connectivity index is 2.29. The predicted octanol–water partition coefficient (Wildman–Crippen LogP) is 2.61. The molecule has 1 aliphatic rings. The lowest BCUT2D eigenvalue weighted by Crippen LogP contribution is -2.48. The first-order valence-electron chi connectivity index (χ1n) is 7.04. The number of alkyl halides is 3. The van der Waals surface area contributed by atoms with Crippen LogP contribution in [-0.4, -0.2) is 47.3 Å². The van der Waals surface area contributed by atoms with Crippen LogP contribution in [-0.2, 0) is 4.79 Å². The predicted molar refractivity (Wildman–Crippen MR) is 69.8 cm³/mol. The van der Waals surface area contributed by atoms with Gasteiger partial charge in [-0.05, 0) is 32.6 Å². The van der Waals surface area contributed by atoms with E-state index in [9.17, 15) is 22.8 Å². The third kappa shape index (κ3) is 6.22. The van der Waals surface area contributed by atoms with E-state index >= 15 is 0 Å². The van der Waals surface area contributed by atoms with E-state index in [4.69, 9.17) is 5.11 Å². The Labute approximate surface area is 121 Å². The van der Waals surface area contributed by atoms with Gasteiger partial charge in [0, 0.05) is 25.6 Å². The van der Waals surface area contributed by atoms with Crippen molar-refractivity contribution in [3.8, 4) is 0 Å². The first-order valence-corrected chi connectivity index (χ1v) is 7.04. The van der Waals surface area contributed by atoms with Crippen LogP contribution >= 0.6 is 0 Å². The van der Waals surface area contributed by atoms with E-state index in [-0.39, 0.29) is 44.4 Å². The van der Waals surface area contributed by atoms with Gasteiger partial charge in [0.05, 0.1) is 5.92 Å². The van der Waals surface area contributed by atoms with E-state index in [0.29, 0.717) is 12.8 Å². The van der Waals surface area contributed by atoms with E-state index in [1.807, 2.05) is 0 Å². The minimum absolute atomic E-state index is 0.0389. The van der Waals surface area contributed by atoms with Crippen LogP contribution in [0.5, 0.6) is 0 Å². The van der Waals surface area contributed by atoms with Gasteiger partial charge in [0.25, 0.3) is 0 Å². The van der Waals surface area contributed by atoms with Crippen LogP contribution < -0.4 is 5.32 Å². The second-order valence-corrected chi connectivity index (χ2v) is 5.44. The SMILES string of the molecule is CC(CCCC(=O)O)NC(=O)N1CCC(C(F)(F)F)CC1. The van der Waals surface area contributed by atoms with Crippen LogP contribution in [0.2, 0.25) is 0 Å². The molecule has 0 bridgehead atoms. The van der Waals surface area contributed by atoms with Gasteiger partial charge in [-0.15, -0.1) is 0 Å². The molecule has 2 N–H and O–H groups in total. The Morgan fingerprint density at radius 2 is 1.90 bits per heavy atom. The molecule has 0 aromatic rings. The van der Waals surface area contributed by atoms with Crippen molar-refractivity contribution < 1.29 is 27.9 Å². The minimum Gasteiger partial charge on any atom is -0.481 e. The topological polar surface area (TPSA) is 69.6 Å². The average molecular weight is 310 g/mol. The molecule has 0 aromatic heterocycles. The zero-order chi connectivity index (χ0) is 16.0. The zero-order valence-corrected chi connectivity index (χ0v) is 11.9. The van der Waals surface area contributed by atoms with Crippen LogP contribution in [0.1, 0.15) is 39.0 Å². The van der Waals surface area contributed by atoms with Crippen LogP contribution in [0.4, 0.5) is 18.0 Å². The van der Waals surface area contributed by atoms with E-state index in [2.05, 4.69) is 5.32 Å². The molecule has 1 fully saturated rings. The Bertz CT molecular complexity index is 366. The van der Waals surface area contributed by atoms with Crippen molar-refractivity contribution >= 4 is 12.0 Å². The monoisotopic (exact) mass is 310 g/mol. The molecule has 1 atom stereocenters. The van der Waals surface area contributed by atoms with E-state index < -0.39 is 18.1 Å². The fourth-order valence-corrected chi connectivity index (χ4v) is 2.34. The highest BCUT2D eigenvalue weighted by Crippen LogP contribution is 2.34. The maximum atomic E-state index is 12.5. The number of aliphatic carboxylic acids is 1. The molecular weight excluding hydrogens is 289 g/mol. The van der Waals surface area contributed by atoms with Crippen molar-refractivity contribution in [2.24, 2.45) is 5.92 Å². The number of amides is 2. The number of piperidine rings is 1. The van der Waals surface area contributed by atoms with Gasteiger partial charge in [0.2, 0.25) is 0 Å². The molecule has 0 spiro atoms. The van der Waals surface area contributed by atoms with E-state index in [1.54, 1.807) is 6.92 Å². The molecule has 0 radical (unpaired) electrons. The van der Waals surface area contributed by atoms with Gasteiger partial charge in [-0.25, -0.2) is 4.79 Å². The quantitative estimate of drug-likeness (QED) is 0.820. The molecule has 0 saturated carbocycles. The van der Waals surface area contributed by atoms with Gasteiger partial charge < -0.3 is 15.3 Å². The third-order valence-corrected chi connectivity index (χ3v) is 3.64. The van der Waals surface area contributed by atoms with Crippen LogP contribution in [0.25, 0.3) is 0 Å². The highest BCUT2D eigenvalue weighted by Gasteiger charge is 2.41. The van der Waals surface area contributed by atoms with E-state index in [1.165, 1.54) is 4.90 Å². The van der Waals surface area contributed by atoms with Gasteiger partial charge in [-0.1, -0.05) is 0 Å². The summed E-state index contributed by atoms with van der Waals surface area (Å²) in [6.07, 6.45) is -3.30. The summed E-state index contributed by atoms with van der Waals surface area (Å²) in [7, 11) is 0. The lowest BCUT2D eigenvalue weighted by atomic mass is 9.96. The number of carboxylic acids is 1. The molecule has 1 unspecified atom stereocenters. The molecular formula is C13H21F3N2O3. The first kappa shape index (κ1) is 17.6. The number of carbonyl (C=O) groups excluding carboxylic acids is 1. The minimum atomic E-state index is -4.19. The van der Waals surface area contributed by atoms with Gasteiger partial charge in [0.15, 0.2) is 0 Å². The summed E-state index contributed by atoms with van der Waals surface area (Å²) in [5, 5.41) is 11.2. The van der Waals surface area contributed by atoms with Crippen molar-refractivity contribution in [1.82, 2.24) is 10.2 Å². The molecule has 0 aliphatic carbocycles. The number of nitrogens with zero attached hydrogens (tertiary/aromatic N) is 1. The van der Waals surface area contributed by atoms with Crippen LogP contribution in [0.3, 0.4) is 0 Å². The summed E-state index contributed by atoms with van der Waals surface area (Å²) >= 11 is 0. The van der Waals surface area contributed by atoms with Gasteiger partial charge in [-0.2, -0.15) is 13.2 Å². The van der Waals surface area contributed by atoms with Crippen LogP contribution in [0.15, 0.2) is 0 Å². The molecule has 122 valence electrons. The molecule has 1 aliphatic heterocycles. The maximum absolute atomic E-state index is 12.5. The van der Waals surface area contributed by atoms with Gasteiger partial charge >= 0.3 is 18.2 Å². The molecule has 2 amide bonds. The number of likely N-dealkylation sites (tertiary alicyclic amines) is 1. The molecule has 8 heteroatoms. The Hall–Kier alpha value is -1.47. The second kappa shape index (κ2) is 7.51. The molecule has 5 nitrogen and oxygen atoms in total. The fourth-order valence-electron chi connectivity index (χ4n) is 2.34.